The standard InChI is InChI=1S/C11H17Cl3O2/c1-4-16-11(15)8(6-10(13)14)9(12)5-7(2)3/h6-9H,4-5H2,1-3H3/t8-,9+/m0/s1. The van der Waals surface area contributed by atoms with Crippen molar-refractivity contribution in [2.45, 2.75) is 32.6 Å². The summed E-state index contributed by atoms with van der Waals surface area (Å²) >= 11 is 17.3. The maximum atomic E-state index is 11.6. The number of alkyl halides is 1. The molecule has 0 rings (SSSR count). The third kappa shape index (κ3) is 6.62. The second kappa shape index (κ2) is 8.21. The van der Waals surface area contributed by atoms with Crippen molar-refractivity contribution in [2.24, 2.45) is 11.8 Å². The van der Waals surface area contributed by atoms with Crippen LogP contribution in [0.15, 0.2) is 10.6 Å². The molecule has 0 radical (unpaired) electrons. The van der Waals surface area contributed by atoms with Gasteiger partial charge in [0.1, 0.15) is 4.49 Å². The average molecular weight is 288 g/mol. The van der Waals surface area contributed by atoms with Crippen LogP contribution in [0.5, 0.6) is 0 Å². The van der Waals surface area contributed by atoms with Gasteiger partial charge in [0.25, 0.3) is 0 Å². The van der Waals surface area contributed by atoms with Gasteiger partial charge >= 0.3 is 5.97 Å². The Morgan fingerprint density at radius 3 is 2.31 bits per heavy atom. The van der Waals surface area contributed by atoms with Gasteiger partial charge in [0.2, 0.25) is 0 Å². The molecular formula is C11H17Cl3O2. The zero-order valence-corrected chi connectivity index (χ0v) is 11.9. The summed E-state index contributed by atoms with van der Waals surface area (Å²) < 4.78 is 4.96. The summed E-state index contributed by atoms with van der Waals surface area (Å²) in [5.41, 5.74) is 0. The first-order valence-electron chi connectivity index (χ1n) is 5.22. The van der Waals surface area contributed by atoms with E-state index >= 15 is 0 Å². The van der Waals surface area contributed by atoms with E-state index in [0.29, 0.717) is 18.9 Å². The van der Waals surface area contributed by atoms with Crippen LogP contribution in [0, 0.1) is 11.8 Å². The third-order valence-corrected chi connectivity index (χ3v) is 2.65. The average Bonchev–Trinajstić information content (AvgIpc) is 2.12. The number of carbonyl (C=O) groups is 1. The first-order valence-corrected chi connectivity index (χ1v) is 6.41. The molecule has 0 fully saturated rings. The summed E-state index contributed by atoms with van der Waals surface area (Å²) in [4.78, 5) is 11.6. The zero-order chi connectivity index (χ0) is 12.7. The lowest BCUT2D eigenvalue weighted by molar-refractivity contribution is -0.146. The van der Waals surface area contributed by atoms with Gasteiger partial charge in [0, 0.05) is 0 Å². The van der Waals surface area contributed by atoms with Gasteiger partial charge in [-0.3, -0.25) is 4.79 Å². The van der Waals surface area contributed by atoms with Crippen molar-refractivity contribution < 1.29 is 9.53 Å². The van der Waals surface area contributed by atoms with Gasteiger partial charge in [-0.15, -0.1) is 11.6 Å². The molecule has 0 unspecified atom stereocenters. The largest absolute Gasteiger partial charge is 0.465 e. The normalized spacial score (nSPS) is 14.4. The number of carbonyl (C=O) groups excluding carboxylic acids is 1. The van der Waals surface area contributed by atoms with Gasteiger partial charge in [0.15, 0.2) is 0 Å². The van der Waals surface area contributed by atoms with E-state index in [1.165, 1.54) is 6.08 Å². The molecule has 0 bridgehead atoms. The quantitative estimate of drug-likeness (QED) is 0.542. The van der Waals surface area contributed by atoms with Gasteiger partial charge in [0.05, 0.1) is 17.9 Å². The molecule has 0 N–H and O–H groups in total. The van der Waals surface area contributed by atoms with Crippen LogP contribution in [-0.2, 0) is 9.53 Å². The molecule has 0 saturated carbocycles. The molecule has 0 aliphatic heterocycles. The highest BCUT2D eigenvalue weighted by Crippen LogP contribution is 2.24. The Labute approximate surface area is 112 Å². The fraction of sp³-hybridized carbons (Fsp3) is 0.727. The minimum atomic E-state index is -0.589. The third-order valence-electron chi connectivity index (χ3n) is 1.95. The minimum Gasteiger partial charge on any atom is -0.465 e. The first-order chi connectivity index (χ1) is 7.38. The molecule has 0 amide bonds. The number of halogens is 3. The summed E-state index contributed by atoms with van der Waals surface area (Å²) in [6.07, 6.45) is 2.13. The van der Waals surface area contributed by atoms with E-state index in [1.807, 2.05) is 13.8 Å². The van der Waals surface area contributed by atoms with Crippen LogP contribution in [0.2, 0.25) is 0 Å². The minimum absolute atomic E-state index is 0.0347. The van der Waals surface area contributed by atoms with E-state index in [4.69, 9.17) is 39.5 Å². The van der Waals surface area contributed by atoms with Crippen molar-refractivity contribution in [1.82, 2.24) is 0 Å². The summed E-state index contributed by atoms with van der Waals surface area (Å²) in [6.45, 7) is 6.12. The summed E-state index contributed by atoms with van der Waals surface area (Å²) in [5, 5.41) is -0.355. The van der Waals surface area contributed by atoms with Crippen LogP contribution >= 0.6 is 34.8 Å². The zero-order valence-electron chi connectivity index (χ0n) is 9.67. The highest BCUT2D eigenvalue weighted by molar-refractivity contribution is 6.56. The van der Waals surface area contributed by atoms with Crippen LogP contribution in [0.1, 0.15) is 27.2 Å². The second-order valence-electron chi connectivity index (χ2n) is 3.88. The summed E-state index contributed by atoms with van der Waals surface area (Å²) in [7, 11) is 0. The van der Waals surface area contributed by atoms with Crippen LogP contribution in [0.4, 0.5) is 0 Å². The lowest BCUT2D eigenvalue weighted by atomic mass is 9.97. The molecule has 5 heteroatoms. The molecule has 0 heterocycles. The molecule has 0 aliphatic rings. The molecule has 0 aromatic heterocycles. The first kappa shape index (κ1) is 16.1. The Hall–Kier alpha value is 0.0800. The lowest BCUT2D eigenvalue weighted by Crippen LogP contribution is -2.26. The van der Waals surface area contributed by atoms with Crippen LogP contribution in [0.25, 0.3) is 0 Å². The summed E-state index contributed by atoms with van der Waals surface area (Å²) in [5.74, 6) is -0.585. The van der Waals surface area contributed by atoms with Crippen molar-refractivity contribution in [2.75, 3.05) is 6.61 Å². The van der Waals surface area contributed by atoms with E-state index in [0.717, 1.165) is 0 Å². The maximum absolute atomic E-state index is 11.6. The van der Waals surface area contributed by atoms with Crippen LogP contribution < -0.4 is 0 Å². The fourth-order valence-corrected chi connectivity index (χ4v) is 2.09. The van der Waals surface area contributed by atoms with Crippen molar-refractivity contribution in [3.8, 4) is 0 Å². The molecule has 0 aromatic rings. The predicted molar refractivity (Wildman–Crippen MR) is 69.0 cm³/mol. The monoisotopic (exact) mass is 286 g/mol. The van der Waals surface area contributed by atoms with Gasteiger partial charge in [-0.25, -0.2) is 0 Å². The van der Waals surface area contributed by atoms with E-state index in [1.54, 1.807) is 6.92 Å². The molecular weight excluding hydrogens is 270 g/mol. The number of hydrogen-bond donors (Lipinski definition) is 0. The molecule has 94 valence electrons. The van der Waals surface area contributed by atoms with E-state index < -0.39 is 5.92 Å². The highest BCUT2D eigenvalue weighted by atomic mass is 35.5. The van der Waals surface area contributed by atoms with Crippen molar-refractivity contribution in [3.63, 3.8) is 0 Å². The fourth-order valence-electron chi connectivity index (χ4n) is 1.29. The Balaban J connectivity index is 4.66. The molecule has 16 heavy (non-hydrogen) atoms. The molecule has 0 aromatic carbocycles. The van der Waals surface area contributed by atoms with E-state index in [9.17, 15) is 4.79 Å². The number of rotatable bonds is 6. The smallest absolute Gasteiger partial charge is 0.314 e. The number of ether oxygens (including phenoxy) is 1. The van der Waals surface area contributed by atoms with Crippen molar-refractivity contribution in [1.29, 1.82) is 0 Å². The Morgan fingerprint density at radius 2 is 1.94 bits per heavy atom. The predicted octanol–water partition coefficient (Wildman–Crippen LogP) is 4.14. The summed E-state index contributed by atoms with van der Waals surface area (Å²) in [6, 6.07) is 0. The van der Waals surface area contributed by atoms with E-state index in [2.05, 4.69) is 0 Å². The highest BCUT2D eigenvalue weighted by Gasteiger charge is 2.27. The second-order valence-corrected chi connectivity index (χ2v) is 5.45. The van der Waals surface area contributed by atoms with E-state index in [-0.39, 0.29) is 15.8 Å². The van der Waals surface area contributed by atoms with Gasteiger partial charge in [-0.2, -0.15) is 0 Å². The maximum Gasteiger partial charge on any atom is 0.314 e. The van der Waals surface area contributed by atoms with Crippen molar-refractivity contribution in [3.05, 3.63) is 10.6 Å². The number of hydrogen-bond acceptors (Lipinski definition) is 2. The van der Waals surface area contributed by atoms with Gasteiger partial charge in [-0.1, -0.05) is 37.0 Å². The molecule has 0 aliphatic carbocycles. The molecule has 0 saturated heterocycles. The Morgan fingerprint density at radius 1 is 1.38 bits per heavy atom. The van der Waals surface area contributed by atoms with Crippen LogP contribution in [0.3, 0.4) is 0 Å². The van der Waals surface area contributed by atoms with Gasteiger partial charge < -0.3 is 4.74 Å². The molecule has 0 spiro atoms. The lowest BCUT2D eigenvalue weighted by Gasteiger charge is -2.19. The topological polar surface area (TPSA) is 26.3 Å². The SMILES string of the molecule is CCOC(=O)[C@@H](C=C(Cl)Cl)[C@H](Cl)CC(C)C. The Bertz CT molecular complexity index is 248. The number of esters is 1. The van der Waals surface area contributed by atoms with Crippen LogP contribution in [-0.4, -0.2) is 18.0 Å². The Kier molecular flexibility index (Phi) is 8.25. The molecule has 2 nitrogen and oxygen atoms in total. The van der Waals surface area contributed by atoms with Gasteiger partial charge in [-0.05, 0) is 25.3 Å². The molecule has 2 atom stereocenters. The van der Waals surface area contributed by atoms with Crippen molar-refractivity contribution >= 4 is 40.8 Å².